The number of anilines is 1. The zero-order chi connectivity index (χ0) is 24.9. The number of nitrogens with two attached hydrogens (primary N) is 1. The first-order valence-corrected chi connectivity index (χ1v) is 12.0. The molecule has 8 heteroatoms. The Morgan fingerprint density at radius 1 is 1.14 bits per heavy atom. The van der Waals surface area contributed by atoms with Crippen molar-refractivity contribution in [2.24, 2.45) is 11.7 Å². The highest BCUT2D eigenvalue weighted by atomic mass is 16.2. The second-order valence-electron chi connectivity index (χ2n) is 9.15. The normalized spacial score (nSPS) is 14.9. The number of aryl methyl sites for hydroxylation is 1. The van der Waals surface area contributed by atoms with E-state index in [1.54, 1.807) is 28.8 Å². The number of nitrogens with zero attached hydrogens (tertiary/aromatic N) is 3. The van der Waals surface area contributed by atoms with E-state index in [1.165, 1.54) is 6.42 Å². The van der Waals surface area contributed by atoms with Crippen LogP contribution in [0.5, 0.6) is 0 Å². The van der Waals surface area contributed by atoms with Gasteiger partial charge < -0.3 is 10.3 Å². The fourth-order valence-corrected chi connectivity index (χ4v) is 4.73. The molecule has 180 valence electrons. The Morgan fingerprint density at radius 2 is 1.86 bits per heavy atom. The number of nitriles is 1. The lowest BCUT2D eigenvalue weighted by molar-refractivity contribution is -0.125. The Kier molecular flexibility index (Phi) is 7.25. The first kappa shape index (κ1) is 24.1. The summed E-state index contributed by atoms with van der Waals surface area (Å²) in [5.41, 5.74) is 8.46. The van der Waals surface area contributed by atoms with E-state index in [1.807, 2.05) is 31.2 Å². The lowest BCUT2D eigenvalue weighted by atomic mass is 9.80. The zero-order valence-corrected chi connectivity index (χ0v) is 19.8. The lowest BCUT2D eigenvalue weighted by Gasteiger charge is -2.23. The van der Waals surface area contributed by atoms with Crippen molar-refractivity contribution in [1.82, 2.24) is 9.55 Å². The van der Waals surface area contributed by atoms with E-state index in [0.717, 1.165) is 36.8 Å². The minimum Gasteiger partial charge on any atom is -0.370 e. The number of hydrogen-bond acceptors (Lipinski definition) is 5. The molecule has 0 aliphatic heterocycles. The summed E-state index contributed by atoms with van der Waals surface area (Å²) in [5, 5.41) is 11.8. The van der Waals surface area contributed by atoms with Crippen molar-refractivity contribution in [3.05, 3.63) is 59.2 Å². The van der Waals surface area contributed by atoms with Crippen molar-refractivity contribution >= 4 is 34.6 Å². The Labute approximate surface area is 204 Å². The summed E-state index contributed by atoms with van der Waals surface area (Å²) in [4.78, 5) is 42.0. The van der Waals surface area contributed by atoms with Gasteiger partial charge in [0.1, 0.15) is 5.78 Å². The molecule has 1 aliphatic carbocycles. The Morgan fingerprint density at radius 3 is 2.51 bits per heavy atom. The Balaban J connectivity index is 1.63. The molecule has 1 atom stereocenters. The van der Waals surface area contributed by atoms with Gasteiger partial charge in [-0.15, -0.1) is 0 Å². The van der Waals surface area contributed by atoms with Gasteiger partial charge in [-0.2, -0.15) is 5.26 Å². The molecule has 1 aliphatic rings. The molecule has 0 saturated heterocycles. The van der Waals surface area contributed by atoms with E-state index in [4.69, 9.17) is 11.0 Å². The van der Waals surface area contributed by atoms with E-state index in [0.29, 0.717) is 22.6 Å². The van der Waals surface area contributed by atoms with E-state index in [-0.39, 0.29) is 36.5 Å². The molecule has 35 heavy (non-hydrogen) atoms. The van der Waals surface area contributed by atoms with Crippen LogP contribution in [0, 0.1) is 17.2 Å². The summed E-state index contributed by atoms with van der Waals surface area (Å²) in [5.74, 6) is -0.406. The van der Waals surface area contributed by atoms with Crippen LogP contribution in [-0.2, 0) is 16.1 Å². The maximum atomic E-state index is 13.1. The highest BCUT2D eigenvalue weighted by molar-refractivity contribution is 6.04. The van der Waals surface area contributed by atoms with Gasteiger partial charge >= 0.3 is 0 Å². The standard InChI is InChI=1S/C27H29N5O3/c1-17(25(34)19-5-3-2-4-6-19)21-11-12-23-22(15-21)30-27(32(23)14-13-24(29)33)31-26(35)20-9-7-18(16-28)8-10-20/h7-12,15,17,19H,2-6,13-14H2,1H3,(H2,29,33)(H,30,31,35). The minimum absolute atomic E-state index is 0.0868. The second kappa shape index (κ2) is 10.5. The number of carbonyl (C=O) groups excluding carboxylic acids is 3. The van der Waals surface area contributed by atoms with Gasteiger partial charge in [0.15, 0.2) is 0 Å². The summed E-state index contributed by atoms with van der Waals surface area (Å²) < 4.78 is 1.75. The van der Waals surface area contributed by atoms with Gasteiger partial charge in [-0.25, -0.2) is 4.98 Å². The number of Topliss-reactive ketones (excluding diaryl/α,β-unsaturated/α-hetero) is 1. The molecule has 0 spiro atoms. The molecular weight excluding hydrogens is 442 g/mol. The Hall–Kier alpha value is -3.99. The topological polar surface area (TPSA) is 131 Å². The maximum absolute atomic E-state index is 13.1. The molecule has 0 bridgehead atoms. The first-order chi connectivity index (χ1) is 16.9. The average Bonchev–Trinajstić information content (AvgIpc) is 3.22. The van der Waals surface area contributed by atoms with Gasteiger partial charge in [-0.1, -0.05) is 32.3 Å². The fraction of sp³-hybridized carbons (Fsp3) is 0.370. The summed E-state index contributed by atoms with van der Waals surface area (Å²) in [6, 6.07) is 14.0. The molecule has 4 rings (SSSR count). The van der Waals surface area contributed by atoms with E-state index in [2.05, 4.69) is 10.3 Å². The second-order valence-corrected chi connectivity index (χ2v) is 9.15. The van der Waals surface area contributed by atoms with Crippen LogP contribution in [-0.4, -0.2) is 27.1 Å². The Bertz CT molecular complexity index is 1300. The van der Waals surface area contributed by atoms with Gasteiger partial charge in [0, 0.05) is 30.4 Å². The number of benzene rings is 2. The average molecular weight is 472 g/mol. The maximum Gasteiger partial charge on any atom is 0.257 e. The SMILES string of the molecule is CC(C(=O)C1CCCCC1)c1ccc2c(c1)nc(NC(=O)c1ccc(C#N)cc1)n2CCC(N)=O. The number of ketones is 1. The number of carbonyl (C=O) groups is 3. The molecule has 3 N–H and O–H groups in total. The van der Waals surface area contributed by atoms with Gasteiger partial charge in [0.25, 0.3) is 5.91 Å². The summed E-state index contributed by atoms with van der Waals surface area (Å²) >= 11 is 0. The molecular formula is C27H29N5O3. The molecule has 8 nitrogen and oxygen atoms in total. The van der Waals surface area contributed by atoms with E-state index >= 15 is 0 Å². The number of aromatic nitrogens is 2. The van der Waals surface area contributed by atoms with Crippen LogP contribution in [0.1, 0.15) is 72.9 Å². The first-order valence-electron chi connectivity index (χ1n) is 12.0. The highest BCUT2D eigenvalue weighted by Crippen LogP contribution is 2.32. The van der Waals surface area contributed by atoms with Gasteiger partial charge in [-0.05, 0) is 54.8 Å². The summed E-state index contributed by atoms with van der Waals surface area (Å²) in [6.45, 7) is 2.19. The van der Waals surface area contributed by atoms with Crippen LogP contribution < -0.4 is 11.1 Å². The number of rotatable bonds is 8. The predicted octanol–water partition coefficient (Wildman–Crippen LogP) is 4.29. The third-order valence-corrected chi connectivity index (χ3v) is 6.79. The number of nitrogens with one attached hydrogen (secondary N) is 1. The van der Waals surface area contributed by atoms with Gasteiger partial charge in [0.2, 0.25) is 11.9 Å². The molecule has 0 radical (unpaired) electrons. The van der Waals surface area contributed by atoms with Crippen LogP contribution in [0.4, 0.5) is 5.95 Å². The molecule has 1 fully saturated rings. The monoisotopic (exact) mass is 471 g/mol. The van der Waals surface area contributed by atoms with Crippen LogP contribution in [0.25, 0.3) is 11.0 Å². The van der Waals surface area contributed by atoms with E-state index in [9.17, 15) is 14.4 Å². The van der Waals surface area contributed by atoms with Crippen molar-refractivity contribution in [3.8, 4) is 6.07 Å². The fourth-order valence-electron chi connectivity index (χ4n) is 4.73. The van der Waals surface area contributed by atoms with Gasteiger partial charge in [0.05, 0.1) is 22.7 Å². The smallest absolute Gasteiger partial charge is 0.257 e. The van der Waals surface area contributed by atoms with Crippen molar-refractivity contribution in [3.63, 3.8) is 0 Å². The molecule has 2 amide bonds. The van der Waals surface area contributed by atoms with Crippen LogP contribution in [0.2, 0.25) is 0 Å². The van der Waals surface area contributed by atoms with Crippen molar-refractivity contribution in [1.29, 1.82) is 5.26 Å². The summed E-state index contributed by atoms with van der Waals surface area (Å²) in [7, 11) is 0. The minimum atomic E-state index is -0.459. The van der Waals surface area contributed by atoms with E-state index < -0.39 is 5.91 Å². The highest BCUT2D eigenvalue weighted by Gasteiger charge is 2.27. The number of imidazole rings is 1. The van der Waals surface area contributed by atoms with Crippen molar-refractivity contribution in [2.75, 3.05) is 5.32 Å². The van der Waals surface area contributed by atoms with Crippen molar-refractivity contribution < 1.29 is 14.4 Å². The predicted molar refractivity (Wildman–Crippen MR) is 133 cm³/mol. The number of primary amides is 1. The third kappa shape index (κ3) is 5.40. The molecule has 1 saturated carbocycles. The lowest BCUT2D eigenvalue weighted by Crippen LogP contribution is -2.22. The largest absolute Gasteiger partial charge is 0.370 e. The molecule has 2 aromatic carbocycles. The van der Waals surface area contributed by atoms with Crippen LogP contribution in [0.15, 0.2) is 42.5 Å². The van der Waals surface area contributed by atoms with Gasteiger partial charge in [-0.3, -0.25) is 19.7 Å². The molecule has 1 aromatic heterocycles. The quantitative estimate of drug-likeness (QED) is 0.506. The van der Waals surface area contributed by atoms with Crippen LogP contribution >= 0.6 is 0 Å². The molecule has 1 unspecified atom stereocenters. The molecule has 1 heterocycles. The third-order valence-electron chi connectivity index (χ3n) is 6.79. The van der Waals surface area contributed by atoms with Crippen LogP contribution in [0.3, 0.4) is 0 Å². The number of amides is 2. The zero-order valence-electron chi connectivity index (χ0n) is 19.8. The number of fused-ring (bicyclic) bond motifs is 1. The summed E-state index contributed by atoms with van der Waals surface area (Å²) in [6.07, 6.45) is 5.41. The number of hydrogen-bond donors (Lipinski definition) is 2. The molecule has 3 aromatic rings. The van der Waals surface area contributed by atoms with Crippen molar-refractivity contribution in [2.45, 2.75) is 57.9 Å².